The van der Waals surface area contributed by atoms with E-state index in [1.54, 1.807) is 11.6 Å². The first-order valence-electron chi connectivity index (χ1n) is 5.99. The summed E-state index contributed by atoms with van der Waals surface area (Å²) in [4.78, 5) is 11.8. The number of amides is 1. The van der Waals surface area contributed by atoms with Gasteiger partial charge in [-0.1, -0.05) is 13.8 Å². The summed E-state index contributed by atoms with van der Waals surface area (Å²) in [7, 11) is 1.88. The van der Waals surface area contributed by atoms with Crippen LogP contribution >= 0.6 is 0 Å². The first-order valence-corrected chi connectivity index (χ1v) is 5.99. The number of aryl methyl sites for hydroxylation is 2. The Hall–Kier alpha value is -1.36. The molecular formula is C12H22N4O. The van der Waals surface area contributed by atoms with E-state index >= 15 is 0 Å². The van der Waals surface area contributed by atoms with Crippen molar-refractivity contribution in [2.24, 2.45) is 12.8 Å². The van der Waals surface area contributed by atoms with Gasteiger partial charge >= 0.3 is 0 Å². The van der Waals surface area contributed by atoms with Gasteiger partial charge in [-0.3, -0.25) is 9.48 Å². The number of hydrogen-bond donors (Lipinski definition) is 2. The maximum atomic E-state index is 11.8. The molecule has 1 aromatic heterocycles. The fraction of sp³-hybridized carbons (Fsp3) is 0.667. The standard InChI is InChI=1S/C12H22N4O/c1-5-10-9(8-16(4)15-10)7-14-11(17)12(3,13)6-2/h8H,5-7,13H2,1-4H3,(H,14,17). The Morgan fingerprint density at radius 1 is 1.59 bits per heavy atom. The Morgan fingerprint density at radius 2 is 2.24 bits per heavy atom. The molecule has 96 valence electrons. The van der Waals surface area contributed by atoms with Crippen molar-refractivity contribution in [3.05, 3.63) is 17.5 Å². The van der Waals surface area contributed by atoms with Crippen molar-refractivity contribution >= 4 is 5.91 Å². The normalized spacial score (nSPS) is 14.4. The monoisotopic (exact) mass is 238 g/mol. The van der Waals surface area contributed by atoms with Gasteiger partial charge in [-0.15, -0.1) is 0 Å². The van der Waals surface area contributed by atoms with Crippen LogP contribution in [0, 0.1) is 0 Å². The Labute approximate surface area is 102 Å². The smallest absolute Gasteiger partial charge is 0.240 e. The summed E-state index contributed by atoms with van der Waals surface area (Å²) in [6, 6.07) is 0. The second-order valence-corrected chi connectivity index (χ2v) is 4.58. The number of carbonyl (C=O) groups is 1. The molecule has 3 N–H and O–H groups in total. The van der Waals surface area contributed by atoms with Crippen molar-refractivity contribution in [1.29, 1.82) is 0 Å². The van der Waals surface area contributed by atoms with Gasteiger partial charge in [-0.25, -0.2) is 0 Å². The maximum absolute atomic E-state index is 11.8. The molecule has 1 rings (SSSR count). The highest BCUT2D eigenvalue weighted by Crippen LogP contribution is 2.09. The van der Waals surface area contributed by atoms with Crippen LogP contribution < -0.4 is 11.1 Å². The Bertz CT molecular complexity index is 395. The molecule has 17 heavy (non-hydrogen) atoms. The fourth-order valence-electron chi connectivity index (χ4n) is 1.57. The molecule has 1 amide bonds. The molecule has 0 aliphatic heterocycles. The van der Waals surface area contributed by atoms with E-state index < -0.39 is 5.54 Å². The average molecular weight is 238 g/mol. The number of rotatable bonds is 5. The molecular weight excluding hydrogens is 216 g/mol. The molecule has 5 nitrogen and oxygen atoms in total. The molecule has 0 bridgehead atoms. The average Bonchev–Trinajstić information content (AvgIpc) is 2.66. The van der Waals surface area contributed by atoms with E-state index in [4.69, 9.17) is 5.73 Å². The molecule has 1 aromatic rings. The zero-order valence-electron chi connectivity index (χ0n) is 11.1. The van der Waals surface area contributed by atoms with Gasteiger partial charge in [0.25, 0.3) is 0 Å². The second-order valence-electron chi connectivity index (χ2n) is 4.58. The highest BCUT2D eigenvalue weighted by Gasteiger charge is 2.25. The molecule has 0 saturated heterocycles. The maximum Gasteiger partial charge on any atom is 0.240 e. The lowest BCUT2D eigenvalue weighted by Gasteiger charge is -2.21. The Balaban J connectivity index is 2.64. The molecule has 1 atom stereocenters. The highest BCUT2D eigenvalue weighted by atomic mass is 16.2. The van der Waals surface area contributed by atoms with Crippen LogP contribution in [0.25, 0.3) is 0 Å². The van der Waals surface area contributed by atoms with Gasteiger partial charge in [0.1, 0.15) is 0 Å². The molecule has 0 fully saturated rings. The van der Waals surface area contributed by atoms with Gasteiger partial charge in [0.15, 0.2) is 0 Å². The highest BCUT2D eigenvalue weighted by molar-refractivity contribution is 5.85. The van der Waals surface area contributed by atoms with Crippen LogP contribution in [-0.4, -0.2) is 21.2 Å². The Kier molecular flexibility index (Phi) is 4.28. The molecule has 0 spiro atoms. The third-order valence-corrected chi connectivity index (χ3v) is 3.02. The number of aromatic nitrogens is 2. The molecule has 0 aliphatic rings. The SMILES string of the molecule is CCc1nn(C)cc1CNC(=O)C(C)(N)CC. The number of nitrogens with zero attached hydrogens (tertiary/aromatic N) is 2. The van der Waals surface area contributed by atoms with Crippen molar-refractivity contribution in [2.75, 3.05) is 0 Å². The second kappa shape index (κ2) is 5.31. The van der Waals surface area contributed by atoms with E-state index in [0.29, 0.717) is 13.0 Å². The minimum Gasteiger partial charge on any atom is -0.350 e. The van der Waals surface area contributed by atoms with Crippen LogP contribution in [0.4, 0.5) is 0 Å². The minimum atomic E-state index is -0.797. The van der Waals surface area contributed by atoms with Gasteiger partial charge < -0.3 is 11.1 Å². The number of carbonyl (C=O) groups excluding carboxylic acids is 1. The summed E-state index contributed by atoms with van der Waals surface area (Å²) in [5, 5.41) is 7.18. The van der Waals surface area contributed by atoms with E-state index in [-0.39, 0.29) is 5.91 Å². The lowest BCUT2D eigenvalue weighted by atomic mass is 9.99. The summed E-state index contributed by atoms with van der Waals surface area (Å²) in [6.07, 6.45) is 3.41. The largest absolute Gasteiger partial charge is 0.350 e. The quantitative estimate of drug-likeness (QED) is 0.794. The first kappa shape index (κ1) is 13.7. The zero-order valence-corrected chi connectivity index (χ0v) is 11.1. The predicted octanol–water partition coefficient (Wildman–Crippen LogP) is 0.726. The fourth-order valence-corrected chi connectivity index (χ4v) is 1.57. The molecule has 0 radical (unpaired) electrons. The van der Waals surface area contributed by atoms with E-state index in [9.17, 15) is 4.79 Å². The summed E-state index contributed by atoms with van der Waals surface area (Å²) in [5.41, 5.74) is 7.14. The van der Waals surface area contributed by atoms with Crippen LogP contribution in [-0.2, 0) is 24.8 Å². The van der Waals surface area contributed by atoms with Crippen LogP contribution in [0.3, 0.4) is 0 Å². The first-order chi connectivity index (χ1) is 7.90. The predicted molar refractivity (Wildman–Crippen MR) is 67.3 cm³/mol. The third kappa shape index (κ3) is 3.30. The minimum absolute atomic E-state index is 0.120. The molecule has 0 aliphatic carbocycles. The van der Waals surface area contributed by atoms with Crippen molar-refractivity contribution < 1.29 is 4.79 Å². The molecule has 1 unspecified atom stereocenters. The van der Waals surface area contributed by atoms with E-state index in [0.717, 1.165) is 17.7 Å². The van der Waals surface area contributed by atoms with Crippen molar-refractivity contribution in [2.45, 2.75) is 45.7 Å². The van der Waals surface area contributed by atoms with Crippen LogP contribution in [0.2, 0.25) is 0 Å². The lowest BCUT2D eigenvalue weighted by Crippen LogP contribution is -2.50. The van der Waals surface area contributed by atoms with Gasteiger partial charge in [0, 0.05) is 25.4 Å². The summed E-state index contributed by atoms with van der Waals surface area (Å²) in [6.45, 7) is 6.18. The molecule has 0 aromatic carbocycles. The number of hydrogen-bond acceptors (Lipinski definition) is 3. The summed E-state index contributed by atoms with van der Waals surface area (Å²) >= 11 is 0. The third-order valence-electron chi connectivity index (χ3n) is 3.02. The van der Waals surface area contributed by atoms with Gasteiger partial charge in [0.05, 0.1) is 11.2 Å². The van der Waals surface area contributed by atoms with Gasteiger partial charge in [0.2, 0.25) is 5.91 Å². The Morgan fingerprint density at radius 3 is 2.76 bits per heavy atom. The summed E-state index contributed by atoms with van der Waals surface area (Å²) < 4.78 is 1.77. The van der Waals surface area contributed by atoms with Crippen molar-refractivity contribution in [3.63, 3.8) is 0 Å². The van der Waals surface area contributed by atoms with E-state index in [1.807, 2.05) is 27.1 Å². The van der Waals surface area contributed by atoms with Crippen LogP contribution in [0.1, 0.15) is 38.4 Å². The number of nitrogens with two attached hydrogens (primary N) is 1. The van der Waals surface area contributed by atoms with E-state index in [2.05, 4.69) is 10.4 Å². The van der Waals surface area contributed by atoms with Crippen LogP contribution in [0.5, 0.6) is 0 Å². The lowest BCUT2D eigenvalue weighted by molar-refractivity contribution is -0.126. The van der Waals surface area contributed by atoms with Crippen molar-refractivity contribution in [1.82, 2.24) is 15.1 Å². The molecule has 5 heteroatoms. The van der Waals surface area contributed by atoms with Gasteiger partial charge in [-0.2, -0.15) is 5.10 Å². The topological polar surface area (TPSA) is 72.9 Å². The summed E-state index contributed by atoms with van der Waals surface area (Å²) in [5.74, 6) is -0.120. The number of nitrogens with one attached hydrogen (secondary N) is 1. The van der Waals surface area contributed by atoms with Crippen molar-refractivity contribution in [3.8, 4) is 0 Å². The van der Waals surface area contributed by atoms with Crippen LogP contribution in [0.15, 0.2) is 6.20 Å². The zero-order chi connectivity index (χ0) is 13.1. The molecule has 1 heterocycles. The van der Waals surface area contributed by atoms with E-state index in [1.165, 1.54) is 0 Å². The molecule has 0 saturated carbocycles. The van der Waals surface area contributed by atoms with Gasteiger partial charge in [-0.05, 0) is 19.8 Å².